The minimum absolute atomic E-state index is 0.0338. The van der Waals surface area contributed by atoms with Crippen LogP contribution < -0.4 is 5.32 Å². The van der Waals surface area contributed by atoms with Gasteiger partial charge in [-0.25, -0.2) is 9.07 Å². The molecule has 6 heteroatoms. The Hall–Kier alpha value is -3.02. The lowest BCUT2D eigenvalue weighted by atomic mass is 10.1. The number of aromatic nitrogens is 3. The van der Waals surface area contributed by atoms with Crippen LogP contribution in [0.2, 0.25) is 0 Å². The molecule has 0 saturated carbocycles. The van der Waals surface area contributed by atoms with Gasteiger partial charge in [0.2, 0.25) is 5.91 Å². The molecule has 116 valence electrons. The maximum absolute atomic E-state index is 13.5. The fraction of sp³-hybridized carbons (Fsp3) is 0.118. The zero-order valence-corrected chi connectivity index (χ0v) is 12.5. The van der Waals surface area contributed by atoms with Crippen molar-refractivity contribution >= 4 is 11.7 Å². The van der Waals surface area contributed by atoms with E-state index in [0.717, 1.165) is 11.4 Å². The fourth-order valence-corrected chi connectivity index (χ4v) is 2.21. The van der Waals surface area contributed by atoms with Gasteiger partial charge in [0.05, 0.1) is 12.1 Å². The van der Waals surface area contributed by atoms with E-state index < -0.39 is 0 Å². The number of halogens is 1. The molecule has 3 rings (SSSR count). The predicted octanol–water partition coefficient (Wildman–Crippen LogP) is 2.90. The van der Waals surface area contributed by atoms with Gasteiger partial charge in [0, 0.05) is 24.2 Å². The van der Waals surface area contributed by atoms with Crippen LogP contribution in [0.3, 0.4) is 0 Å². The Labute approximate surface area is 132 Å². The number of amides is 1. The fourth-order valence-electron chi connectivity index (χ4n) is 2.21. The van der Waals surface area contributed by atoms with E-state index >= 15 is 0 Å². The first-order valence-electron chi connectivity index (χ1n) is 7.14. The molecule has 1 N–H and O–H groups in total. The van der Waals surface area contributed by atoms with Gasteiger partial charge in [-0.05, 0) is 30.7 Å². The predicted molar refractivity (Wildman–Crippen MR) is 84.8 cm³/mol. The highest BCUT2D eigenvalue weighted by atomic mass is 19.1. The average Bonchev–Trinajstić information content (AvgIpc) is 2.98. The van der Waals surface area contributed by atoms with E-state index in [9.17, 15) is 9.18 Å². The van der Waals surface area contributed by atoms with Crippen LogP contribution in [-0.4, -0.2) is 20.7 Å². The van der Waals surface area contributed by atoms with Crippen molar-refractivity contribution in [3.05, 3.63) is 71.9 Å². The van der Waals surface area contributed by atoms with Crippen LogP contribution in [0.1, 0.15) is 11.3 Å². The molecule has 0 aliphatic heterocycles. The third kappa shape index (κ3) is 3.60. The van der Waals surface area contributed by atoms with E-state index in [2.05, 4.69) is 15.4 Å². The standard InChI is InChI=1S/C17H15FN4O/c1-12-10-14(6-8-19-12)22-9-7-16(21-22)20-17(23)11-13-4-2-3-5-15(13)18/h2-10H,11H2,1H3,(H,20,21,23). The third-order valence-electron chi connectivity index (χ3n) is 3.31. The van der Waals surface area contributed by atoms with Crippen molar-refractivity contribution in [1.82, 2.24) is 14.8 Å². The lowest BCUT2D eigenvalue weighted by Crippen LogP contribution is -2.15. The van der Waals surface area contributed by atoms with Gasteiger partial charge in [-0.15, -0.1) is 0 Å². The van der Waals surface area contributed by atoms with Gasteiger partial charge < -0.3 is 5.32 Å². The second-order valence-corrected chi connectivity index (χ2v) is 5.12. The Morgan fingerprint density at radius 3 is 2.87 bits per heavy atom. The van der Waals surface area contributed by atoms with Gasteiger partial charge in [0.1, 0.15) is 5.82 Å². The Morgan fingerprint density at radius 2 is 2.09 bits per heavy atom. The van der Waals surface area contributed by atoms with Crippen molar-refractivity contribution in [2.24, 2.45) is 0 Å². The van der Waals surface area contributed by atoms with Crippen LogP contribution >= 0.6 is 0 Å². The number of rotatable bonds is 4. The van der Waals surface area contributed by atoms with Gasteiger partial charge in [-0.1, -0.05) is 18.2 Å². The molecule has 3 aromatic rings. The Kier molecular flexibility index (Phi) is 4.14. The van der Waals surface area contributed by atoms with Gasteiger partial charge in [0.25, 0.3) is 0 Å². The van der Waals surface area contributed by atoms with E-state index in [4.69, 9.17) is 0 Å². The lowest BCUT2D eigenvalue weighted by Gasteiger charge is -2.04. The third-order valence-corrected chi connectivity index (χ3v) is 3.31. The number of nitrogens with one attached hydrogen (secondary N) is 1. The number of hydrogen-bond acceptors (Lipinski definition) is 3. The summed E-state index contributed by atoms with van der Waals surface area (Å²) in [7, 11) is 0. The van der Waals surface area contributed by atoms with Crippen LogP contribution in [0.15, 0.2) is 54.9 Å². The van der Waals surface area contributed by atoms with Crippen molar-refractivity contribution in [3.8, 4) is 5.69 Å². The summed E-state index contributed by atoms with van der Waals surface area (Å²) >= 11 is 0. The normalized spacial score (nSPS) is 10.5. The maximum atomic E-state index is 13.5. The summed E-state index contributed by atoms with van der Waals surface area (Å²) < 4.78 is 15.2. The molecule has 5 nitrogen and oxygen atoms in total. The first-order chi connectivity index (χ1) is 11.1. The summed E-state index contributed by atoms with van der Waals surface area (Å²) in [6, 6.07) is 11.6. The Morgan fingerprint density at radius 1 is 1.26 bits per heavy atom. The molecule has 2 aromatic heterocycles. The minimum atomic E-state index is -0.388. The van der Waals surface area contributed by atoms with Crippen LogP contribution in [0.4, 0.5) is 10.2 Å². The highest BCUT2D eigenvalue weighted by molar-refractivity contribution is 5.91. The molecule has 1 aromatic carbocycles. The molecular formula is C17H15FN4O. The summed E-state index contributed by atoms with van der Waals surface area (Å²) in [6.45, 7) is 1.89. The molecule has 0 saturated heterocycles. The molecule has 0 aliphatic rings. The van der Waals surface area contributed by atoms with E-state index in [-0.39, 0.29) is 18.1 Å². The summed E-state index contributed by atoms with van der Waals surface area (Å²) in [4.78, 5) is 16.1. The van der Waals surface area contributed by atoms with Crippen LogP contribution in [0, 0.1) is 12.7 Å². The lowest BCUT2D eigenvalue weighted by molar-refractivity contribution is -0.115. The Balaban J connectivity index is 1.69. The first-order valence-corrected chi connectivity index (χ1v) is 7.14. The highest BCUT2D eigenvalue weighted by Gasteiger charge is 2.10. The van der Waals surface area contributed by atoms with Crippen molar-refractivity contribution in [2.75, 3.05) is 5.32 Å². The minimum Gasteiger partial charge on any atom is -0.309 e. The highest BCUT2D eigenvalue weighted by Crippen LogP contribution is 2.12. The SMILES string of the molecule is Cc1cc(-n2ccc(NC(=O)Cc3ccccc3F)n2)ccn1. The number of benzene rings is 1. The number of aryl methyl sites for hydroxylation is 1. The molecule has 0 unspecified atom stereocenters. The topological polar surface area (TPSA) is 59.8 Å². The van der Waals surface area contributed by atoms with E-state index in [1.165, 1.54) is 6.07 Å². The molecule has 23 heavy (non-hydrogen) atoms. The van der Waals surface area contributed by atoms with Crippen LogP contribution in [0.25, 0.3) is 5.69 Å². The average molecular weight is 310 g/mol. The second kappa shape index (κ2) is 6.39. The molecule has 0 spiro atoms. The quantitative estimate of drug-likeness (QED) is 0.806. The number of carbonyl (C=O) groups excluding carboxylic acids is 1. The molecule has 0 bridgehead atoms. The van der Waals surface area contributed by atoms with Gasteiger partial charge in [0.15, 0.2) is 5.82 Å². The van der Waals surface area contributed by atoms with E-state index in [0.29, 0.717) is 11.4 Å². The van der Waals surface area contributed by atoms with Crippen LogP contribution in [0.5, 0.6) is 0 Å². The van der Waals surface area contributed by atoms with Crippen molar-refractivity contribution in [3.63, 3.8) is 0 Å². The number of hydrogen-bond donors (Lipinski definition) is 1. The molecule has 1 amide bonds. The molecule has 0 radical (unpaired) electrons. The van der Waals surface area contributed by atoms with Gasteiger partial charge in [-0.3, -0.25) is 9.78 Å². The molecule has 0 fully saturated rings. The zero-order valence-electron chi connectivity index (χ0n) is 12.5. The number of anilines is 1. The summed E-state index contributed by atoms with van der Waals surface area (Å²) in [6.07, 6.45) is 3.41. The van der Waals surface area contributed by atoms with Gasteiger partial charge in [-0.2, -0.15) is 5.10 Å². The first kappa shape index (κ1) is 14.9. The number of pyridine rings is 1. The second-order valence-electron chi connectivity index (χ2n) is 5.12. The Bertz CT molecular complexity index is 844. The molecule has 0 aliphatic carbocycles. The summed E-state index contributed by atoms with van der Waals surface area (Å²) in [5, 5.41) is 6.96. The zero-order chi connectivity index (χ0) is 16.2. The van der Waals surface area contributed by atoms with Crippen molar-refractivity contribution in [2.45, 2.75) is 13.3 Å². The monoisotopic (exact) mass is 310 g/mol. The van der Waals surface area contributed by atoms with Gasteiger partial charge >= 0.3 is 0 Å². The molecule has 2 heterocycles. The summed E-state index contributed by atoms with van der Waals surface area (Å²) in [5.74, 6) is -0.285. The molecule has 0 atom stereocenters. The van der Waals surface area contributed by atoms with E-state index in [1.54, 1.807) is 41.3 Å². The smallest absolute Gasteiger partial charge is 0.230 e. The summed E-state index contributed by atoms with van der Waals surface area (Å²) in [5.41, 5.74) is 2.09. The van der Waals surface area contributed by atoms with Crippen molar-refractivity contribution in [1.29, 1.82) is 0 Å². The molecular weight excluding hydrogens is 295 g/mol. The number of nitrogens with zero attached hydrogens (tertiary/aromatic N) is 3. The van der Waals surface area contributed by atoms with E-state index in [1.807, 2.05) is 19.1 Å². The largest absolute Gasteiger partial charge is 0.309 e. The van der Waals surface area contributed by atoms with Crippen LogP contribution in [-0.2, 0) is 11.2 Å². The maximum Gasteiger partial charge on any atom is 0.230 e. The van der Waals surface area contributed by atoms with Crippen molar-refractivity contribution < 1.29 is 9.18 Å². The number of carbonyl (C=O) groups is 1.